The van der Waals surface area contributed by atoms with E-state index in [1.54, 1.807) is 24.3 Å². The Kier molecular flexibility index (Phi) is 8.35. The fourth-order valence-corrected chi connectivity index (χ4v) is 3.75. The lowest BCUT2D eigenvalue weighted by atomic mass is 9.90. The summed E-state index contributed by atoms with van der Waals surface area (Å²) in [6.45, 7) is 1.87. The number of hydrogen-bond acceptors (Lipinski definition) is 4. The molecular formula is C28H29N3O3. The molecule has 2 atom stereocenters. The third kappa shape index (κ3) is 6.42. The molecule has 0 aliphatic rings. The molecule has 0 aromatic heterocycles. The van der Waals surface area contributed by atoms with Gasteiger partial charge in [-0.15, -0.1) is 0 Å². The number of nitrogens with one attached hydrogen (secondary N) is 2. The standard InChI is InChI=1S/C28H29N3O3/c1-19-9-6-7-14-23(19)27(32)31-25(16-15-20-10-4-3-5-11-20)24(28(33)34-2)18-21-12-8-13-22(17-21)26(29)30/h3-17,24-25H,18H2,1-2H3,(H3,29,30)(H,31,32)/b16-15+. The van der Waals surface area contributed by atoms with E-state index in [0.29, 0.717) is 17.5 Å². The van der Waals surface area contributed by atoms with Gasteiger partial charge < -0.3 is 15.8 Å². The molecule has 0 heterocycles. The highest BCUT2D eigenvalue weighted by molar-refractivity contribution is 5.96. The van der Waals surface area contributed by atoms with Gasteiger partial charge in [-0.3, -0.25) is 15.0 Å². The predicted molar refractivity (Wildman–Crippen MR) is 135 cm³/mol. The number of benzene rings is 3. The maximum Gasteiger partial charge on any atom is 0.311 e. The monoisotopic (exact) mass is 455 g/mol. The maximum absolute atomic E-state index is 13.2. The molecule has 0 spiro atoms. The van der Waals surface area contributed by atoms with Crippen LogP contribution in [0.25, 0.3) is 6.08 Å². The Morgan fingerprint density at radius 3 is 2.41 bits per heavy atom. The van der Waals surface area contributed by atoms with Crippen molar-refractivity contribution in [1.82, 2.24) is 5.32 Å². The highest BCUT2D eigenvalue weighted by Crippen LogP contribution is 2.19. The number of esters is 1. The van der Waals surface area contributed by atoms with Gasteiger partial charge in [0.05, 0.1) is 19.1 Å². The number of carbonyl (C=O) groups is 2. The van der Waals surface area contributed by atoms with E-state index in [9.17, 15) is 9.59 Å². The summed E-state index contributed by atoms with van der Waals surface area (Å²) < 4.78 is 5.12. The van der Waals surface area contributed by atoms with Crippen molar-refractivity contribution in [2.75, 3.05) is 7.11 Å². The zero-order chi connectivity index (χ0) is 24.5. The van der Waals surface area contributed by atoms with Crippen molar-refractivity contribution in [3.63, 3.8) is 0 Å². The first-order valence-corrected chi connectivity index (χ1v) is 11.0. The molecule has 174 valence electrons. The fourth-order valence-electron chi connectivity index (χ4n) is 3.75. The van der Waals surface area contributed by atoms with Gasteiger partial charge in [0, 0.05) is 11.1 Å². The summed E-state index contributed by atoms with van der Waals surface area (Å²) in [6, 6.07) is 23.5. The molecule has 6 nitrogen and oxygen atoms in total. The molecule has 3 aromatic carbocycles. The van der Waals surface area contributed by atoms with Crippen LogP contribution in [0.1, 0.15) is 32.6 Å². The van der Waals surface area contributed by atoms with E-state index in [4.69, 9.17) is 15.9 Å². The van der Waals surface area contributed by atoms with E-state index in [1.165, 1.54) is 7.11 Å². The molecule has 2 unspecified atom stereocenters. The summed E-state index contributed by atoms with van der Waals surface area (Å²) >= 11 is 0. The number of amides is 1. The van der Waals surface area contributed by atoms with Crippen LogP contribution in [-0.4, -0.2) is 30.9 Å². The second-order valence-corrected chi connectivity index (χ2v) is 8.03. The molecule has 0 aliphatic heterocycles. The average molecular weight is 456 g/mol. The van der Waals surface area contributed by atoms with Gasteiger partial charge in [-0.1, -0.05) is 78.9 Å². The second-order valence-electron chi connectivity index (χ2n) is 8.03. The number of nitrogen functional groups attached to an aromatic ring is 1. The van der Waals surface area contributed by atoms with Crippen molar-refractivity contribution in [3.8, 4) is 0 Å². The molecular weight excluding hydrogens is 426 g/mol. The van der Waals surface area contributed by atoms with Gasteiger partial charge in [-0.05, 0) is 42.2 Å². The van der Waals surface area contributed by atoms with Crippen molar-refractivity contribution < 1.29 is 14.3 Å². The normalized spacial score (nSPS) is 12.6. The van der Waals surface area contributed by atoms with Crippen molar-refractivity contribution in [1.29, 1.82) is 5.41 Å². The highest BCUT2D eigenvalue weighted by atomic mass is 16.5. The highest BCUT2D eigenvalue weighted by Gasteiger charge is 2.30. The molecule has 0 saturated heterocycles. The maximum atomic E-state index is 13.2. The Bertz CT molecular complexity index is 1190. The number of rotatable bonds is 9. The van der Waals surface area contributed by atoms with Crippen molar-refractivity contribution in [2.45, 2.75) is 19.4 Å². The molecule has 0 fully saturated rings. The number of methoxy groups -OCH3 is 1. The Hall–Kier alpha value is -4.19. The van der Waals surface area contributed by atoms with Crippen LogP contribution in [0.3, 0.4) is 0 Å². The number of carbonyl (C=O) groups excluding carboxylic acids is 2. The SMILES string of the molecule is COC(=O)C(Cc1cccc(C(=N)N)c1)C(/C=C/c1ccccc1)NC(=O)c1ccccc1C. The van der Waals surface area contributed by atoms with Crippen molar-refractivity contribution in [3.05, 3.63) is 113 Å². The molecule has 1 amide bonds. The fraction of sp³-hybridized carbons (Fsp3) is 0.179. The Morgan fingerprint density at radius 2 is 1.74 bits per heavy atom. The van der Waals surface area contributed by atoms with Gasteiger partial charge in [0.25, 0.3) is 5.91 Å². The quantitative estimate of drug-likeness (QED) is 0.256. The molecule has 34 heavy (non-hydrogen) atoms. The minimum absolute atomic E-state index is 0.0511. The van der Waals surface area contributed by atoms with Gasteiger partial charge in [-0.25, -0.2) is 0 Å². The van der Waals surface area contributed by atoms with Gasteiger partial charge >= 0.3 is 5.97 Å². The van der Waals surface area contributed by atoms with Crippen LogP contribution in [0.4, 0.5) is 0 Å². The van der Waals surface area contributed by atoms with E-state index in [2.05, 4.69) is 5.32 Å². The molecule has 0 radical (unpaired) electrons. The molecule has 0 aliphatic carbocycles. The topological polar surface area (TPSA) is 105 Å². The lowest BCUT2D eigenvalue weighted by Crippen LogP contribution is -2.43. The van der Waals surface area contributed by atoms with Crippen LogP contribution in [0, 0.1) is 18.3 Å². The zero-order valence-corrected chi connectivity index (χ0v) is 19.3. The molecule has 0 bridgehead atoms. The van der Waals surface area contributed by atoms with Crippen LogP contribution >= 0.6 is 0 Å². The smallest absolute Gasteiger partial charge is 0.311 e. The Labute approximate surface area is 200 Å². The summed E-state index contributed by atoms with van der Waals surface area (Å²) in [4.78, 5) is 26.1. The van der Waals surface area contributed by atoms with Gasteiger partial charge in [-0.2, -0.15) is 0 Å². The number of amidine groups is 1. The third-order valence-electron chi connectivity index (χ3n) is 5.61. The van der Waals surface area contributed by atoms with E-state index in [1.807, 2.05) is 73.7 Å². The van der Waals surface area contributed by atoms with E-state index >= 15 is 0 Å². The first-order chi connectivity index (χ1) is 16.4. The van der Waals surface area contributed by atoms with Gasteiger partial charge in [0.15, 0.2) is 0 Å². The number of nitrogens with two attached hydrogens (primary N) is 1. The predicted octanol–water partition coefficient (Wildman–Crippen LogP) is 4.12. The van der Waals surface area contributed by atoms with Crippen LogP contribution < -0.4 is 11.1 Å². The summed E-state index contributed by atoms with van der Waals surface area (Å²) in [7, 11) is 1.34. The Balaban J connectivity index is 1.97. The zero-order valence-electron chi connectivity index (χ0n) is 19.3. The lowest BCUT2D eigenvalue weighted by Gasteiger charge is -2.24. The molecule has 3 rings (SSSR count). The average Bonchev–Trinajstić information content (AvgIpc) is 2.85. The minimum atomic E-state index is -0.694. The second kappa shape index (κ2) is 11.6. The first-order valence-electron chi connectivity index (χ1n) is 11.0. The summed E-state index contributed by atoms with van der Waals surface area (Å²) in [5.41, 5.74) is 9.35. The number of ether oxygens (including phenoxy) is 1. The number of aryl methyl sites for hydroxylation is 1. The van der Waals surface area contributed by atoms with E-state index in [0.717, 1.165) is 16.7 Å². The van der Waals surface area contributed by atoms with E-state index < -0.39 is 17.9 Å². The van der Waals surface area contributed by atoms with Crippen LogP contribution in [0.5, 0.6) is 0 Å². The first kappa shape index (κ1) is 24.5. The lowest BCUT2D eigenvalue weighted by molar-refractivity contribution is -0.145. The third-order valence-corrected chi connectivity index (χ3v) is 5.61. The molecule has 6 heteroatoms. The minimum Gasteiger partial charge on any atom is -0.469 e. The largest absolute Gasteiger partial charge is 0.469 e. The summed E-state index contributed by atoms with van der Waals surface area (Å²) in [5, 5.41) is 10.7. The van der Waals surface area contributed by atoms with Crippen LogP contribution in [0.15, 0.2) is 84.9 Å². The van der Waals surface area contributed by atoms with Gasteiger partial charge in [0.2, 0.25) is 0 Å². The van der Waals surface area contributed by atoms with Crippen molar-refractivity contribution in [2.24, 2.45) is 11.7 Å². The van der Waals surface area contributed by atoms with Crippen molar-refractivity contribution >= 4 is 23.8 Å². The summed E-state index contributed by atoms with van der Waals surface area (Å²) in [6.07, 6.45) is 4.00. The molecule has 0 saturated carbocycles. The molecule has 3 aromatic rings. The molecule has 4 N–H and O–H groups in total. The van der Waals surface area contributed by atoms with Crippen LogP contribution in [-0.2, 0) is 16.0 Å². The van der Waals surface area contributed by atoms with Gasteiger partial charge in [0.1, 0.15) is 5.84 Å². The van der Waals surface area contributed by atoms with E-state index in [-0.39, 0.29) is 11.7 Å². The number of hydrogen-bond donors (Lipinski definition) is 3. The Morgan fingerprint density at radius 1 is 1.03 bits per heavy atom. The van der Waals surface area contributed by atoms with Crippen LogP contribution in [0.2, 0.25) is 0 Å². The summed E-state index contributed by atoms with van der Waals surface area (Å²) in [5.74, 6) is -1.46.